The summed E-state index contributed by atoms with van der Waals surface area (Å²) in [4.78, 5) is 0.108. The van der Waals surface area contributed by atoms with Crippen molar-refractivity contribution in [1.29, 1.82) is 0 Å². The van der Waals surface area contributed by atoms with E-state index in [1.807, 2.05) is 6.92 Å². The van der Waals surface area contributed by atoms with Gasteiger partial charge in [-0.05, 0) is 25.2 Å². The Morgan fingerprint density at radius 3 is 2.76 bits per heavy atom. The molecule has 120 valence electrons. The highest BCUT2D eigenvalue weighted by Gasteiger charge is 2.30. The van der Waals surface area contributed by atoms with Crippen LogP contribution in [0.5, 0.6) is 0 Å². The molecule has 1 aliphatic carbocycles. The third-order valence-corrected chi connectivity index (χ3v) is 5.74. The summed E-state index contributed by atoms with van der Waals surface area (Å²) in [6.45, 7) is 4.80. The summed E-state index contributed by atoms with van der Waals surface area (Å²) in [6.07, 6.45) is 7.67. The molecular weight excluding hydrogens is 288 g/mol. The van der Waals surface area contributed by atoms with Crippen LogP contribution in [-0.4, -0.2) is 24.2 Å². The van der Waals surface area contributed by atoms with Crippen molar-refractivity contribution in [3.05, 3.63) is 6.20 Å². The quantitative estimate of drug-likeness (QED) is 0.841. The van der Waals surface area contributed by atoms with E-state index in [2.05, 4.69) is 16.7 Å². The molecule has 0 amide bonds. The summed E-state index contributed by atoms with van der Waals surface area (Å²) in [5, 5.41) is 4.07. The van der Waals surface area contributed by atoms with Crippen molar-refractivity contribution in [2.24, 2.45) is 5.92 Å². The first-order valence-electron chi connectivity index (χ1n) is 7.83. The van der Waals surface area contributed by atoms with E-state index in [0.717, 1.165) is 32.1 Å². The first-order chi connectivity index (χ1) is 9.97. The molecule has 1 heterocycles. The summed E-state index contributed by atoms with van der Waals surface area (Å²) >= 11 is 0. The van der Waals surface area contributed by atoms with Crippen LogP contribution in [0.15, 0.2) is 11.1 Å². The minimum atomic E-state index is -3.59. The molecule has 1 aromatic rings. The van der Waals surface area contributed by atoms with Crippen LogP contribution in [0.2, 0.25) is 0 Å². The van der Waals surface area contributed by atoms with E-state index in [4.69, 9.17) is 5.73 Å². The van der Waals surface area contributed by atoms with Crippen molar-refractivity contribution in [1.82, 2.24) is 14.5 Å². The fraction of sp³-hybridized carbons (Fsp3) is 0.786. The lowest BCUT2D eigenvalue weighted by molar-refractivity contribution is 0.282. The predicted molar refractivity (Wildman–Crippen MR) is 83.3 cm³/mol. The first-order valence-corrected chi connectivity index (χ1v) is 9.31. The third kappa shape index (κ3) is 3.77. The maximum Gasteiger partial charge on any atom is 0.246 e. The average Bonchev–Trinajstić information content (AvgIpc) is 2.81. The molecule has 3 N–H and O–H groups in total. The molecule has 0 saturated heterocycles. The zero-order valence-electron chi connectivity index (χ0n) is 12.9. The average molecular weight is 314 g/mol. The molecule has 0 spiro atoms. The highest BCUT2D eigenvalue weighted by atomic mass is 32.2. The Labute approximate surface area is 127 Å². The molecule has 2 atom stereocenters. The Morgan fingerprint density at radius 2 is 2.10 bits per heavy atom. The molecule has 7 heteroatoms. The topological polar surface area (TPSA) is 90.0 Å². The van der Waals surface area contributed by atoms with E-state index in [0.29, 0.717) is 12.5 Å². The Bertz CT molecular complexity index is 568. The lowest BCUT2D eigenvalue weighted by atomic mass is 9.83. The van der Waals surface area contributed by atoms with Gasteiger partial charge in [-0.2, -0.15) is 5.10 Å². The molecular formula is C14H26N4O2S. The van der Waals surface area contributed by atoms with Crippen LogP contribution < -0.4 is 10.5 Å². The van der Waals surface area contributed by atoms with Crippen LogP contribution in [-0.2, 0) is 16.6 Å². The number of hydrogen-bond acceptors (Lipinski definition) is 4. The number of anilines is 1. The van der Waals surface area contributed by atoms with E-state index < -0.39 is 10.0 Å². The normalized spacial score (nSPS) is 23.3. The van der Waals surface area contributed by atoms with Crippen LogP contribution >= 0.6 is 0 Å². The van der Waals surface area contributed by atoms with E-state index in [-0.39, 0.29) is 16.8 Å². The number of nitrogens with one attached hydrogen (secondary N) is 1. The Morgan fingerprint density at radius 1 is 1.38 bits per heavy atom. The lowest BCUT2D eigenvalue weighted by Crippen LogP contribution is -2.41. The summed E-state index contributed by atoms with van der Waals surface area (Å²) in [7, 11) is -3.59. The standard InChI is InChI=1S/C14H26N4O2S/c1-3-9-18-10-13(14(15)16-18)21(19,20)17-12-8-6-5-7-11(12)4-2/h10-12,17H,3-9H2,1-2H3,(H2,15,16). The predicted octanol–water partition coefficient (Wildman–Crippen LogP) is 2.12. The van der Waals surface area contributed by atoms with E-state index in [1.54, 1.807) is 4.68 Å². The summed E-state index contributed by atoms with van der Waals surface area (Å²) in [6, 6.07) is 0.0164. The van der Waals surface area contributed by atoms with Gasteiger partial charge in [0, 0.05) is 18.8 Å². The SMILES string of the molecule is CCCn1cc(S(=O)(=O)NC2CCCCC2CC)c(N)n1. The second-order valence-electron chi connectivity index (χ2n) is 5.82. The number of aromatic nitrogens is 2. The van der Waals surface area contributed by atoms with Crippen LogP contribution in [0, 0.1) is 5.92 Å². The largest absolute Gasteiger partial charge is 0.381 e. The summed E-state index contributed by atoms with van der Waals surface area (Å²) in [5.74, 6) is 0.500. The first kappa shape index (κ1) is 16.3. The second kappa shape index (κ2) is 6.79. The minimum absolute atomic E-state index is 0.0164. The van der Waals surface area contributed by atoms with Crippen LogP contribution in [0.4, 0.5) is 5.82 Å². The highest BCUT2D eigenvalue weighted by Crippen LogP contribution is 2.28. The molecule has 1 aromatic heterocycles. The maximum absolute atomic E-state index is 12.6. The molecule has 21 heavy (non-hydrogen) atoms. The number of rotatable bonds is 6. The van der Waals surface area contributed by atoms with E-state index in [9.17, 15) is 8.42 Å². The zero-order chi connectivity index (χ0) is 15.5. The minimum Gasteiger partial charge on any atom is -0.381 e. The van der Waals surface area contributed by atoms with Crippen molar-refractivity contribution in [2.45, 2.75) is 69.9 Å². The van der Waals surface area contributed by atoms with Crippen LogP contribution in [0.1, 0.15) is 52.4 Å². The Hall–Kier alpha value is -1.08. The van der Waals surface area contributed by atoms with Gasteiger partial charge in [0.15, 0.2) is 5.82 Å². The van der Waals surface area contributed by atoms with Gasteiger partial charge in [-0.1, -0.05) is 33.1 Å². The van der Waals surface area contributed by atoms with Gasteiger partial charge >= 0.3 is 0 Å². The zero-order valence-corrected chi connectivity index (χ0v) is 13.7. The van der Waals surface area contributed by atoms with Crippen LogP contribution in [0.3, 0.4) is 0 Å². The van der Waals surface area contributed by atoms with Crippen molar-refractivity contribution in [3.63, 3.8) is 0 Å². The van der Waals surface area contributed by atoms with Gasteiger partial charge in [0.05, 0.1) is 0 Å². The number of sulfonamides is 1. The molecule has 1 fully saturated rings. The Kier molecular flexibility index (Phi) is 5.27. The molecule has 2 rings (SSSR count). The number of hydrogen-bond donors (Lipinski definition) is 2. The number of nitrogens with two attached hydrogens (primary N) is 1. The summed E-state index contributed by atoms with van der Waals surface area (Å²) < 4.78 is 29.6. The van der Waals surface area contributed by atoms with Gasteiger partial charge in [-0.15, -0.1) is 0 Å². The molecule has 0 aliphatic heterocycles. The fourth-order valence-electron chi connectivity index (χ4n) is 3.08. The third-order valence-electron chi connectivity index (χ3n) is 4.24. The van der Waals surface area contributed by atoms with Crippen molar-refractivity contribution in [2.75, 3.05) is 5.73 Å². The molecule has 0 bridgehead atoms. The van der Waals surface area contributed by atoms with Crippen LogP contribution in [0.25, 0.3) is 0 Å². The maximum atomic E-state index is 12.6. The summed E-state index contributed by atoms with van der Waals surface area (Å²) in [5.41, 5.74) is 5.78. The van der Waals surface area contributed by atoms with Crippen molar-refractivity contribution in [3.8, 4) is 0 Å². The highest BCUT2D eigenvalue weighted by molar-refractivity contribution is 7.89. The smallest absolute Gasteiger partial charge is 0.246 e. The van der Waals surface area contributed by atoms with Gasteiger partial charge in [0.1, 0.15) is 4.90 Å². The van der Waals surface area contributed by atoms with Gasteiger partial charge in [-0.3, -0.25) is 4.68 Å². The monoisotopic (exact) mass is 314 g/mol. The fourth-order valence-corrected chi connectivity index (χ4v) is 4.50. The molecule has 0 radical (unpaired) electrons. The lowest BCUT2D eigenvalue weighted by Gasteiger charge is -2.31. The second-order valence-corrected chi connectivity index (χ2v) is 7.50. The van der Waals surface area contributed by atoms with Gasteiger partial charge in [0.25, 0.3) is 0 Å². The van der Waals surface area contributed by atoms with Gasteiger partial charge in [-0.25, -0.2) is 13.1 Å². The number of nitrogen functional groups attached to an aromatic ring is 1. The Balaban J connectivity index is 2.17. The van der Waals surface area contributed by atoms with Gasteiger partial charge in [0.2, 0.25) is 10.0 Å². The van der Waals surface area contributed by atoms with E-state index in [1.165, 1.54) is 12.6 Å². The molecule has 0 aromatic carbocycles. The molecule has 2 unspecified atom stereocenters. The number of nitrogens with zero attached hydrogens (tertiary/aromatic N) is 2. The number of aryl methyl sites for hydroxylation is 1. The van der Waals surface area contributed by atoms with Crippen molar-refractivity contribution < 1.29 is 8.42 Å². The van der Waals surface area contributed by atoms with Crippen molar-refractivity contribution >= 4 is 15.8 Å². The molecule has 1 aliphatic rings. The molecule has 1 saturated carbocycles. The van der Waals surface area contributed by atoms with Gasteiger partial charge < -0.3 is 5.73 Å². The molecule has 6 nitrogen and oxygen atoms in total. The van der Waals surface area contributed by atoms with E-state index >= 15 is 0 Å².